The third-order valence-corrected chi connectivity index (χ3v) is 7.62. The number of urea groups is 1. The Hall–Kier alpha value is -2.28. The van der Waals surface area contributed by atoms with Crippen molar-refractivity contribution in [1.82, 2.24) is 20.1 Å². The van der Waals surface area contributed by atoms with Crippen molar-refractivity contribution in [2.45, 2.75) is 77.4 Å². The first-order chi connectivity index (χ1) is 15.0. The number of hydrogen-bond acceptors (Lipinski definition) is 3. The molecule has 4 rings (SSSR count). The molecular weight excluding hydrogens is 408 g/mol. The molecule has 1 saturated heterocycles. The van der Waals surface area contributed by atoms with E-state index in [-0.39, 0.29) is 18.0 Å². The Bertz CT molecular complexity index is 891. The second-order valence-corrected chi connectivity index (χ2v) is 10.0. The quantitative estimate of drug-likeness (QED) is 0.718. The highest BCUT2D eigenvalue weighted by Crippen LogP contribution is 2.21. The lowest BCUT2D eigenvalue weighted by Crippen LogP contribution is -2.51. The molecule has 1 aliphatic carbocycles. The van der Waals surface area contributed by atoms with Crippen molar-refractivity contribution in [3.63, 3.8) is 0 Å². The van der Waals surface area contributed by atoms with Gasteiger partial charge < -0.3 is 20.1 Å². The first kappa shape index (κ1) is 21.9. The van der Waals surface area contributed by atoms with Gasteiger partial charge in [-0.3, -0.25) is 4.79 Å². The van der Waals surface area contributed by atoms with E-state index in [1.54, 1.807) is 11.3 Å². The monoisotopic (exact) mass is 442 g/mol. The Kier molecular flexibility index (Phi) is 7.00. The Morgan fingerprint density at radius 3 is 2.42 bits per heavy atom. The fourth-order valence-corrected chi connectivity index (χ4v) is 5.53. The highest BCUT2D eigenvalue weighted by atomic mass is 32.1. The van der Waals surface area contributed by atoms with Gasteiger partial charge in [0.05, 0.1) is 12.1 Å². The van der Waals surface area contributed by atoms with Gasteiger partial charge in [0.2, 0.25) is 0 Å². The average molecular weight is 443 g/mol. The van der Waals surface area contributed by atoms with Crippen LogP contribution in [0, 0.1) is 13.8 Å². The summed E-state index contributed by atoms with van der Waals surface area (Å²) < 4.78 is 2.21. The van der Waals surface area contributed by atoms with Crippen LogP contribution >= 0.6 is 11.3 Å². The van der Waals surface area contributed by atoms with Gasteiger partial charge in [0.1, 0.15) is 0 Å². The maximum atomic E-state index is 13.0. The van der Waals surface area contributed by atoms with Crippen LogP contribution in [0.15, 0.2) is 23.6 Å². The zero-order valence-electron chi connectivity index (χ0n) is 18.7. The van der Waals surface area contributed by atoms with Crippen LogP contribution < -0.4 is 10.6 Å². The fraction of sp³-hybridized carbons (Fsp3) is 0.583. The third-order valence-electron chi connectivity index (χ3n) is 6.76. The molecule has 2 N–H and O–H groups in total. The van der Waals surface area contributed by atoms with Gasteiger partial charge in [-0.1, -0.05) is 25.3 Å². The number of nitrogens with zero attached hydrogens (tertiary/aromatic N) is 2. The number of rotatable bonds is 5. The summed E-state index contributed by atoms with van der Waals surface area (Å²) in [5, 5.41) is 8.49. The molecule has 1 aliphatic heterocycles. The minimum atomic E-state index is -0.00404. The Balaban J connectivity index is 1.28. The summed E-state index contributed by atoms with van der Waals surface area (Å²) in [5.41, 5.74) is 2.87. The summed E-state index contributed by atoms with van der Waals surface area (Å²) >= 11 is 1.74. The molecule has 0 aromatic carbocycles. The Morgan fingerprint density at radius 2 is 1.74 bits per heavy atom. The van der Waals surface area contributed by atoms with E-state index in [0.717, 1.165) is 49.2 Å². The first-order valence-electron chi connectivity index (χ1n) is 11.6. The summed E-state index contributed by atoms with van der Waals surface area (Å²) in [6, 6.07) is 6.69. The second kappa shape index (κ2) is 9.90. The van der Waals surface area contributed by atoms with E-state index in [1.807, 2.05) is 17.9 Å². The summed E-state index contributed by atoms with van der Waals surface area (Å²) in [6.07, 6.45) is 7.52. The van der Waals surface area contributed by atoms with Crippen LogP contribution in [0.4, 0.5) is 4.79 Å². The summed E-state index contributed by atoms with van der Waals surface area (Å²) in [6.45, 7) is 6.27. The van der Waals surface area contributed by atoms with E-state index in [2.05, 4.69) is 39.6 Å². The molecule has 2 aliphatic rings. The highest BCUT2D eigenvalue weighted by molar-refractivity contribution is 7.09. The zero-order chi connectivity index (χ0) is 21.8. The van der Waals surface area contributed by atoms with Crippen LogP contribution in [-0.2, 0) is 6.54 Å². The molecule has 1 saturated carbocycles. The molecule has 2 fully saturated rings. The van der Waals surface area contributed by atoms with Crippen molar-refractivity contribution in [3.8, 4) is 0 Å². The molecular formula is C24H34N4O2S. The van der Waals surface area contributed by atoms with Gasteiger partial charge in [-0.2, -0.15) is 0 Å². The number of carbonyl (C=O) groups excluding carboxylic acids is 2. The van der Waals surface area contributed by atoms with Crippen LogP contribution in [-0.4, -0.2) is 46.6 Å². The Labute approximate surface area is 189 Å². The number of likely N-dealkylation sites (tertiary alicyclic amines) is 1. The standard InChI is InChI=1S/C24H34N4O2S/c1-17-15-22(18(2)28(17)16-21-9-6-14-31-21)23(29)25-20-10-12-27(13-11-20)24(30)26-19-7-4-3-5-8-19/h6,9,14-15,19-20H,3-5,7-8,10-13,16H2,1-2H3,(H,25,29)(H,26,30). The van der Waals surface area contributed by atoms with Crippen molar-refractivity contribution in [3.05, 3.63) is 45.4 Å². The number of thiophene rings is 1. The van der Waals surface area contributed by atoms with E-state index in [1.165, 1.54) is 24.1 Å². The molecule has 0 unspecified atom stereocenters. The number of carbonyl (C=O) groups is 2. The molecule has 2 aromatic rings. The maximum Gasteiger partial charge on any atom is 0.317 e. The largest absolute Gasteiger partial charge is 0.349 e. The number of nitrogens with one attached hydrogen (secondary N) is 2. The molecule has 0 radical (unpaired) electrons. The molecule has 3 heterocycles. The lowest BCUT2D eigenvalue weighted by molar-refractivity contribution is 0.0916. The molecule has 168 valence electrons. The zero-order valence-corrected chi connectivity index (χ0v) is 19.5. The van der Waals surface area contributed by atoms with Crippen molar-refractivity contribution in [2.24, 2.45) is 0 Å². The van der Waals surface area contributed by atoms with Gasteiger partial charge in [0, 0.05) is 41.4 Å². The van der Waals surface area contributed by atoms with Crippen LogP contribution in [0.5, 0.6) is 0 Å². The van der Waals surface area contributed by atoms with Gasteiger partial charge in [0.15, 0.2) is 0 Å². The van der Waals surface area contributed by atoms with Gasteiger partial charge in [0.25, 0.3) is 5.91 Å². The number of hydrogen-bond donors (Lipinski definition) is 2. The normalized spacial score (nSPS) is 18.2. The first-order valence-corrected chi connectivity index (χ1v) is 12.4. The predicted octanol–water partition coefficient (Wildman–Crippen LogP) is 4.45. The number of aryl methyl sites for hydroxylation is 1. The topological polar surface area (TPSA) is 66.4 Å². The van der Waals surface area contributed by atoms with Gasteiger partial charge >= 0.3 is 6.03 Å². The number of piperidine rings is 1. The van der Waals surface area contributed by atoms with Crippen LogP contribution in [0.2, 0.25) is 0 Å². The molecule has 2 aromatic heterocycles. The van der Waals surface area contributed by atoms with E-state index >= 15 is 0 Å². The minimum Gasteiger partial charge on any atom is -0.349 e. The van der Waals surface area contributed by atoms with E-state index in [9.17, 15) is 9.59 Å². The molecule has 31 heavy (non-hydrogen) atoms. The van der Waals surface area contributed by atoms with Gasteiger partial charge in [-0.15, -0.1) is 11.3 Å². The lowest BCUT2D eigenvalue weighted by atomic mass is 9.95. The average Bonchev–Trinajstić information content (AvgIpc) is 3.39. The number of aromatic nitrogens is 1. The molecule has 0 bridgehead atoms. The van der Waals surface area contributed by atoms with Crippen molar-refractivity contribution >= 4 is 23.3 Å². The van der Waals surface area contributed by atoms with Crippen molar-refractivity contribution in [1.29, 1.82) is 0 Å². The fourth-order valence-electron chi connectivity index (χ4n) is 4.84. The van der Waals surface area contributed by atoms with Crippen molar-refractivity contribution < 1.29 is 9.59 Å². The summed E-state index contributed by atoms with van der Waals surface area (Å²) in [4.78, 5) is 28.7. The van der Waals surface area contributed by atoms with Crippen LogP contribution in [0.1, 0.15) is 71.6 Å². The van der Waals surface area contributed by atoms with Gasteiger partial charge in [-0.05, 0) is 57.0 Å². The smallest absolute Gasteiger partial charge is 0.317 e. The van der Waals surface area contributed by atoms with Crippen molar-refractivity contribution in [2.75, 3.05) is 13.1 Å². The molecule has 0 atom stereocenters. The minimum absolute atomic E-state index is 0.00404. The van der Waals surface area contributed by atoms with E-state index < -0.39 is 0 Å². The molecule has 3 amide bonds. The van der Waals surface area contributed by atoms with Gasteiger partial charge in [-0.25, -0.2) is 4.79 Å². The molecule has 0 spiro atoms. The Morgan fingerprint density at radius 1 is 1.03 bits per heavy atom. The molecule has 6 nitrogen and oxygen atoms in total. The number of amides is 3. The second-order valence-electron chi connectivity index (χ2n) is 8.97. The maximum absolute atomic E-state index is 13.0. The van der Waals surface area contributed by atoms with Crippen LogP contribution in [0.3, 0.4) is 0 Å². The SMILES string of the molecule is Cc1cc(C(=O)NC2CCN(C(=O)NC3CCCCC3)CC2)c(C)n1Cc1cccs1. The summed E-state index contributed by atoms with van der Waals surface area (Å²) in [7, 11) is 0. The highest BCUT2D eigenvalue weighted by Gasteiger charge is 2.27. The van der Waals surface area contributed by atoms with E-state index in [4.69, 9.17) is 0 Å². The summed E-state index contributed by atoms with van der Waals surface area (Å²) in [5.74, 6) is -0.00404. The third kappa shape index (κ3) is 5.32. The van der Waals surface area contributed by atoms with Crippen LogP contribution in [0.25, 0.3) is 0 Å². The molecule has 7 heteroatoms. The predicted molar refractivity (Wildman–Crippen MR) is 125 cm³/mol. The lowest BCUT2D eigenvalue weighted by Gasteiger charge is -2.34. The van der Waals surface area contributed by atoms with E-state index in [0.29, 0.717) is 19.1 Å².